The molecule has 1 aromatic rings. The van der Waals surface area contributed by atoms with E-state index in [0.29, 0.717) is 0 Å². The third kappa shape index (κ3) is 2.10. The lowest BCUT2D eigenvalue weighted by molar-refractivity contribution is -0.149. The van der Waals surface area contributed by atoms with Crippen molar-refractivity contribution in [2.24, 2.45) is 5.73 Å². The largest absolute Gasteiger partial charge is 0.506 e. The molecule has 0 spiro atoms. The summed E-state index contributed by atoms with van der Waals surface area (Å²) in [5.74, 6) is -0.413. The van der Waals surface area contributed by atoms with Crippen molar-refractivity contribution in [1.29, 1.82) is 0 Å². The Morgan fingerprint density at radius 2 is 1.93 bits per heavy atom. The number of benzene rings is 1. The number of phenols is 1. The summed E-state index contributed by atoms with van der Waals surface area (Å²) in [4.78, 5) is 0. The van der Waals surface area contributed by atoms with Gasteiger partial charge in [0.15, 0.2) is 0 Å². The zero-order valence-electron chi connectivity index (χ0n) is 6.85. The molecule has 0 saturated heterocycles. The van der Waals surface area contributed by atoms with Crippen LogP contribution in [0.2, 0.25) is 5.02 Å². The third-order valence-electron chi connectivity index (χ3n) is 1.70. The Bertz CT molecular complexity index is 340. The lowest BCUT2D eigenvalue weighted by atomic mass is 10.1. The maximum absolute atomic E-state index is 12.2. The molecular formula is C8H7ClF3NO. The average molecular weight is 226 g/mol. The number of alkyl halides is 3. The highest BCUT2D eigenvalue weighted by Gasteiger charge is 2.39. The fraction of sp³-hybridized carbons (Fsp3) is 0.250. The molecule has 0 aliphatic heterocycles. The van der Waals surface area contributed by atoms with E-state index in [0.717, 1.165) is 6.07 Å². The van der Waals surface area contributed by atoms with E-state index < -0.39 is 18.0 Å². The number of hydrogen-bond donors (Lipinski definition) is 2. The minimum absolute atomic E-state index is 0.334. The molecular weight excluding hydrogens is 219 g/mol. The van der Waals surface area contributed by atoms with Gasteiger partial charge in [-0.25, -0.2) is 0 Å². The van der Waals surface area contributed by atoms with E-state index >= 15 is 0 Å². The zero-order chi connectivity index (χ0) is 10.9. The second kappa shape index (κ2) is 3.67. The van der Waals surface area contributed by atoms with E-state index in [1.54, 1.807) is 0 Å². The number of hydrogen-bond acceptors (Lipinski definition) is 2. The minimum Gasteiger partial charge on any atom is -0.506 e. The molecule has 14 heavy (non-hydrogen) atoms. The van der Waals surface area contributed by atoms with Gasteiger partial charge in [-0.05, 0) is 6.07 Å². The van der Waals surface area contributed by atoms with E-state index in [9.17, 15) is 13.2 Å². The van der Waals surface area contributed by atoms with Gasteiger partial charge in [-0.1, -0.05) is 23.7 Å². The van der Waals surface area contributed by atoms with Gasteiger partial charge in [0.1, 0.15) is 11.8 Å². The Morgan fingerprint density at radius 1 is 1.36 bits per heavy atom. The van der Waals surface area contributed by atoms with Gasteiger partial charge in [-0.2, -0.15) is 13.2 Å². The SMILES string of the molecule is N[C@@H](c1cccc(O)c1Cl)C(F)(F)F. The van der Waals surface area contributed by atoms with Crippen LogP contribution >= 0.6 is 11.6 Å². The Kier molecular flexibility index (Phi) is 2.92. The van der Waals surface area contributed by atoms with E-state index in [1.807, 2.05) is 0 Å². The molecule has 0 aromatic heterocycles. The fourth-order valence-electron chi connectivity index (χ4n) is 0.954. The topological polar surface area (TPSA) is 46.2 Å². The maximum Gasteiger partial charge on any atom is 0.407 e. The molecule has 3 N–H and O–H groups in total. The second-order valence-electron chi connectivity index (χ2n) is 2.70. The zero-order valence-corrected chi connectivity index (χ0v) is 7.60. The van der Waals surface area contributed by atoms with Crippen LogP contribution in [0.5, 0.6) is 5.75 Å². The first-order valence-electron chi connectivity index (χ1n) is 3.63. The summed E-state index contributed by atoms with van der Waals surface area (Å²) in [7, 11) is 0. The van der Waals surface area contributed by atoms with Crippen molar-refractivity contribution >= 4 is 11.6 Å². The van der Waals surface area contributed by atoms with E-state index in [2.05, 4.69) is 0 Å². The van der Waals surface area contributed by atoms with Crippen LogP contribution in [-0.2, 0) is 0 Å². The van der Waals surface area contributed by atoms with E-state index in [1.165, 1.54) is 12.1 Å². The molecule has 0 amide bonds. The Balaban J connectivity index is 3.14. The molecule has 0 heterocycles. The van der Waals surface area contributed by atoms with E-state index in [-0.39, 0.29) is 10.6 Å². The Labute approximate surface area is 83.1 Å². The number of rotatable bonds is 1. The first kappa shape index (κ1) is 11.1. The predicted octanol–water partition coefficient (Wildman–Crippen LogP) is 2.61. The van der Waals surface area contributed by atoms with Crippen LogP contribution in [0.15, 0.2) is 18.2 Å². The second-order valence-corrected chi connectivity index (χ2v) is 3.08. The van der Waals surface area contributed by atoms with Gasteiger partial charge in [-0.3, -0.25) is 0 Å². The number of aromatic hydroxyl groups is 1. The van der Waals surface area contributed by atoms with Gasteiger partial charge in [-0.15, -0.1) is 0 Å². The average Bonchev–Trinajstić information content (AvgIpc) is 2.07. The van der Waals surface area contributed by atoms with Crippen molar-refractivity contribution in [3.8, 4) is 5.75 Å². The third-order valence-corrected chi connectivity index (χ3v) is 2.11. The van der Waals surface area contributed by atoms with Crippen LogP contribution < -0.4 is 5.73 Å². The van der Waals surface area contributed by atoms with Crippen LogP contribution in [0.1, 0.15) is 11.6 Å². The first-order chi connectivity index (χ1) is 6.34. The molecule has 0 aliphatic carbocycles. The molecule has 78 valence electrons. The van der Waals surface area contributed by atoms with Crippen LogP contribution in [-0.4, -0.2) is 11.3 Å². The highest BCUT2D eigenvalue weighted by Crippen LogP contribution is 2.37. The molecule has 6 heteroatoms. The van der Waals surface area contributed by atoms with Crippen molar-refractivity contribution in [3.63, 3.8) is 0 Å². The smallest absolute Gasteiger partial charge is 0.407 e. The predicted molar refractivity (Wildman–Crippen MR) is 46.1 cm³/mol. The standard InChI is InChI=1S/C8H7ClF3NO/c9-6-4(2-1-3-5(6)14)7(13)8(10,11)12/h1-3,7,14H,13H2/t7-/m0/s1. The van der Waals surface area contributed by atoms with Crippen molar-refractivity contribution in [2.45, 2.75) is 12.2 Å². The van der Waals surface area contributed by atoms with Crippen molar-refractivity contribution in [1.82, 2.24) is 0 Å². The fourth-order valence-corrected chi connectivity index (χ4v) is 1.20. The molecule has 0 fully saturated rings. The Morgan fingerprint density at radius 3 is 2.43 bits per heavy atom. The highest BCUT2D eigenvalue weighted by atomic mass is 35.5. The van der Waals surface area contributed by atoms with Gasteiger partial charge in [0, 0.05) is 5.56 Å². The van der Waals surface area contributed by atoms with E-state index in [4.69, 9.17) is 22.4 Å². The minimum atomic E-state index is -4.57. The summed E-state index contributed by atoms with van der Waals surface area (Å²) in [5, 5.41) is 8.70. The van der Waals surface area contributed by atoms with Gasteiger partial charge in [0.2, 0.25) is 0 Å². The van der Waals surface area contributed by atoms with Crippen LogP contribution in [0.3, 0.4) is 0 Å². The van der Waals surface area contributed by atoms with Gasteiger partial charge >= 0.3 is 6.18 Å². The molecule has 2 nitrogen and oxygen atoms in total. The van der Waals surface area contributed by atoms with Crippen LogP contribution in [0.25, 0.3) is 0 Å². The lowest BCUT2D eigenvalue weighted by Crippen LogP contribution is -2.28. The van der Waals surface area contributed by atoms with Crippen LogP contribution in [0, 0.1) is 0 Å². The maximum atomic E-state index is 12.2. The Hall–Kier alpha value is -0.940. The number of phenolic OH excluding ortho intramolecular Hbond substituents is 1. The van der Waals surface area contributed by atoms with Crippen molar-refractivity contribution in [2.75, 3.05) is 0 Å². The summed E-state index contributed by atoms with van der Waals surface area (Å²) < 4.78 is 36.5. The van der Waals surface area contributed by atoms with Crippen LogP contribution in [0.4, 0.5) is 13.2 Å². The molecule has 1 atom stereocenters. The summed E-state index contributed by atoms with van der Waals surface area (Å²) in [6.45, 7) is 0. The summed E-state index contributed by atoms with van der Waals surface area (Å²) in [6, 6.07) is 1.39. The van der Waals surface area contributed by atoms with Gasteiger partial charge in [0.25, 0.3) is 0 Å². The normalized spacial score (nSPS) is 14.1. The van der Waals surface area contributed by atoms with Crippen molar-refractivity contribution < 1.29 is 18.3 Å². The first-order valence-corrected chi connectivity index (χ1v) is 4.01. The number of halogens is 4. The molecule has 0 aliphatic rings. The highest BCUT2D eigenvalue weighted by molar-refractivity contribution is 6.32. The molecule has 0 bridgehead atoms. The van der Waals surface area contributed by atoms with Gasteiger partial charge < -0.3 is 10.8 Å². The van der Waals surface area contributed by atoms with Crippen molar-refractivity contribution in [3.05, 3.63) is 28.8 Å². The monoisotopic (exact) mass is 225 g/mol. The lowest BCUT2D eigenvalue weighted by Gasteiger charge is -2.17. The molecule has 1 aromatic carbocycles. The summed E-state index contributed by atoms with van der Waals surface area (Å²) in [5.41, 5.74) is 4.59. The summed E-state index contributed by atoms with van der Waals surface area (Å²) >= 11 is 5.46. The molecule has 0 saturated carbocycles. The molecule has 0 radical (unpaired) electrons. The van der Waals surface area contributed by atoms with Gasteiger partial charge in [0.05, 0.1) is 5.02 Å². The molecule has 1 rings (SSSR count). The molecule has 0 unspecified atom stereocenters. The number of nitrogens with two attached hydrogens (primary N) is 1. The quantitative estimate of drug-likeness (QED) is 0.772. The summed E-state index contributed by atoms with van der Waals surface area (Å²) in [6.07, 6.45) is -4.57.